The van der Waals surface area contributed by atoms with Crippen LogP contribution in [0.3, 0.4) is 0 Å². The van der Waals surface area contributed by atoms with E-state index in [-0.39, 0.29) is 5.56 Å². The van der Waals surface area contributed by atoms with Gasteiger partial charge in [0.25, 0.3) is 5.56 Å². The Morgan fingerprint density at radius 3 is 2.86 bits per heavy atom. The molecule has 70 valence electrons. The molecule has 2 aromatic heterocycles. The Bertz CT molecular complexity index is 507. The lowest BCUT2D eigenvalue weighted by atomic mass is 10.3. The number of aromatic nitrogens is 2. The van der Waals surface area contributed by atoms with E-state index in [2.05, 4.69) is 4.98 Å². The Labute approximate surface area is 79.5 Å². The van der Waals surface area contributed by atoms with E-state index in [9.17, 15) is 9.18 Å². The Morgan fingerprint density at radius 2 is 2.14 bits per heavy atom. The van der Waals surface area contributed by atoms with Gasteiger partial charge in [0.2, 0.25) is 5.95 Å². The van der Waals surface area contributed by atoms with Crippen LogP contribution in [0.15, 0.2) is 47.5 Å². The molecule has 14 heavy (non-hydrogen) atoms. The van der Waals surface area contributed by atoms with Crippen LogP contribution in [-0.2, 0) is 0 Å². The van der Waals surface area contributed by atoms with Gasteiger partial charge in [-0.25, -0.2) is 4.98 Å². The Kier molecular flexibility index (Phi) is 2.10. The zero-order chi connectivity index (χ0) is 9.97. The average Bonchev–Trinajstić information content (AvgIpc) is 2.18. The normalized spacial score (nSPS) is 10.1. The molecule has 0 fully saturated rings. The Balaban J connectivity index is 2.61. The van der Waals surface area contributed by atoms with Gasteiger partial charge in [0.1, 0.15) is 0 Å². The van der Waals surface area contributed by atoms with Crippen molar-refractivity contribution in [3.8, 4) is 5.69 Å². The standard InChI is InChI=1S/C10H7FN2O/c11-9-7-8(4-5-12-9)13-6-2-1-3-10(13)14/h1-7H. The highest BCUT2D eigenvalue weighted by Crippen LogP contribution is 2.04. The highest BCUT2D eigenvalue weighted by Gasteiger charge is 1.99. The molecule has 2 heterocycles. The third-order valence-electron chi connectivity index (χ3n) is 1.81. The van der Waals surface area contributed by atoms with Crippen LogP contribution in [0, 0.1) is 5.95 Å². The van der Waals surface area contributed by atoms with Gasteiger partial charge in [-0.3, -0.25) is 9.36 Å². The summed E-state index contributed by atoms with van der Waals surface area (Å²) in [5.41, 5.74) is 0.279. The zero-order valence-corrected chi connectivity index (χ0v) is 7.22. The second-order valence-electron chi connectivity index (χ2n) is 2.75. The van der Waals surface area contributed by atoms with Gasteiger partial charge in [-0.05, 0) is 12.1 Å². The van der Waals surface area contributed by atoms with E-state index in [1.807, 2.05) is 0 Å². The van der Waals surface area contributed by atoms with E-state index in [4.69, 9.17) is 0 Å². The summed E-state index contributed by atoms with van der Waals surface area (Å²) in [5, 5.41) is 0. The molecule has 0 aliphatic heterocycles. The number of hydrogen-bond acceptors (Lipinski definition) is 2. The Hall–Kier alpha value is -1.97. The predicted octanol–water partition coefficient (Wildman–Crippen LogP) is 1.37. The van der Waals surface area contributed by atoms with Crippen LogP contribution < -0.4 is 5.56 Å². The van der Waals surface area contributed by atoms with E-state index in [0.29, 0.717) is 5.69 Å². The second kappa shape index (κ2) is 3.41. The van der Waals surface area contributed by atoms with Gasteiger partial charge in [-0.1, -0.05) is 6.07 Å². The lowest BCUT2D eigenvalue weighted by Crippen LogP contribution is -2.15. The lowest BCUT2D eigenvalue weighted by Gasteiger charge is -2.03. The minimum atomic E-state index is -0.599. The maximum Gasteiger partial charge on any atom is 0.255 e. The van der Waals surface area contributed by atoms with Crippen molar-refractivity contribution in [2.75, 3.05) is 0 Å². The molecule has 0 saturated carbocycles. The van der Waals surface area contributed by atoms with Crippen LogP contribution in [0.1, 0.15) is 0 Å². The van der Waals surface area contributed by atoms with Gasteiger partial charge in [0.05, 0.1) is 5.69 Å². The highest BCUT2D eigenvalue weighted by atomic mass is 19.1. The van der Waals surface area contributed by atoms with Gasteiger partial charge in [-0.2, -0.15) is 4.39 Å². The molecule has 3 nitrogen and oxygen atoms in total. The van der Waals surface area contributed by atoms with Crippen LogP contribution in [0.4, 0.5) is 4.39 Å². The Morgan fingerprint density at radius 1 is 1.29 bits per heavy atom. The minimum absolute atomic E-state index is 0.196. The molecule has 0 bridgehead atoms. The monoisotopic (exact) mass is 190 g/mol. The van der Waals surface area contributed by atoms with Gasteiger partial charge < -0.3 is 0 Å². The molecular formula is C10H7FN2O. The highest BCUT2D eigenvalue weighted by molar-refractivity contribution is 5.29. The molecule has 4 heteroatoms. The average molecular weight is 190 g/mol. The summed E-state index contributed by atoms with van der Waals surface area (Å²) in [4.78, 5) is 14.8. The molecule has 2 aromatic rings. The third kappa shape index (κ3) is 1.54. The van der Waals surface area contributed by atoms with E-state index in [1.165, 1.54) is 22.9 Å². The first-order valence-electron chi connectivity index (χ1n) is 4.07. The molecule has 0 amide bonds. The first kappa shape index (κ1) is 8.62. The predicted molar refractivity (Wildman–Crippen MR) is 49.8 cm³/mol. The summed E-state index contributed by atoms with van der Waals surface area (Å²) in [6, 6.07) is 7.54. The fourth-order valence-electron chi connectivity index (χ4n) is 1.18. The van der Waals surface area contributed by atoms with Crippen LogP contribution in [-0.4, -0.2) is 9.55 Å². The topological polar surface area (TPSA) is 34.9 Å². The summed E-state index contributed by atoms with van der Waals surface area (Å²) in [6.07, 6.45) is 2.90. The van der Waals surface area contributed by atoms with Crippen LogP contribution >= 0.6 is 0 Å². The molecule has 0 N–H and O–H groups in total. The minimum Gasteiger partial charge on any atom is -0.284 e. The summed E-state index contributed by atoms with van der Waals surface area (Å²) in [5.74, 6) is -0.599. The SMILES string of the molecule is O=c1ccccn1-c1ccnc(F)c1. The van der Waals surface area contributed by atoms with Crippen LogP contribution in [0.2, 0.25) is 0 Å². The van der Waals surface area contributed by atoms with Crippen LogP contribution in [0.5, 0.6) is 0 Å². The van der Waals surface area contributed by atoms with Crippen molar-refractivity contribution in [1.29, 1.82) is 0 Å². The van der Waals surface area contributed by atoms with Gasteiger partial charge in [0.15, 0.2) is 0 Å². The molecule has 2 rings (SSSR count). The molecule has 0 aromatic carbocycles. The summed E-state index contributed by atoms with van der Waals surface area (Å²) < 4.78 is 14.1. The second-order valence-corrected chi connectivity index (χ2v) is 2.75. The maximum absolute atomic E-state index is 12.8. The first-order valence-corrected chi connectivity index (χ1v) is 4.07. The molecular weight excluding hydrogens is 183 g/mol. The van der Waals surface area contributed by atoms with Crippen molar-refractivity contribution in [3.63, 3.8) is 0 Å². The lowest BCUT2D eigenvalue weighted by molar-refractivity contribution is 0.582. The summed E-state index contributed by atoms with van der Waals surface area (Å²) in [7, 11) is 0. The number of nitrogens with zero attached hydrogens (tertiary/aromatic N) is 2. The largest absolute Gasteiger partial charge is 0.284 e. The molecule has 0 radical (unpaired) electrons. The van der Waals surface area contributed by atoms with E-state index in [1.54, 1.807) is 24.4 Å². The van der Waals surface area contributed by atoms with E-state index in [0.717, 1.165) is 0 Å². The van der Waals surface area contributed by atoms with Gasteiger partial charge in [0, 0.05) is 24.5 Å². The summed E-state index contributed by atoms with van der Waals surface area (Å²) >= 11 is 0. The maximum atomic E-state index is 12.8. The number of hydrogen-bond donors (Lipinski definition) is 0. The summed E-state index contributed by atoms with van der Waals surface area (Å²) in [6.45, 7) is 0. The van der Waals surface area contributed by atoms with Gasteiger partial charge >= 0.3 is 0 Å². The molecule has 0 atom stereocenters. The van der Waals surface area contributed by atoms with E-state index < -0.39 is 5.95 Å². The number of pyridine rings is 2. The fraction of sp³-hybridized carbons (Fsp3) is 0. The molecule has 0 aliphatic rings. The van der Waals surface area contributed by atoms with Crippen LogP contribution in [0.25, 0.3) is 5.69 Å². The van der Waals surface area contributed by atoms with E-state index >= 15 is 0 Å². The molecule has 0 unspecified atom stereocenters. The zero-order valence-electron chi connectivity index (χ0n) is 7.22. The third-order valence-corrected chi connectivity index (χ3v) is 1.81. The molecule has 0 spiro atoms. The van der Waals surface area contributed by atoms with Crippen molar-refractivity contribution in [2.24, 2.45) is 0 Å². The van der Waals surface area contributed by atoms with Crippen molar-refractivity contribution < 1.29 is 4.39 Å². The van der Waals surface area contributed by atoms with Crippen molar-refractivity contribution in [2.45, 2.75) is 0 Å². The number of rotatable bonds is 1. The van der Waals surface area contributed by atoms with Crippen molar-refractivity contribution in [3.05, 3.63) is 59.0 Å². The smallest absolute Gasteiger partial charge is 0.255 e. The fourth-order valence-corrected chi connectivity index (χ4v) is 1.18. The first-order chi connectivity index (χ1) is 6.77. The molecule has 0 saturated heterocycles. The molecule has 0 aliphatic carbocycles. The van der Waals surface area contributed by atoms with Crippen molar-refractivity contribution >= 4 is 0 Å². The van der Waals surface area contributed by atoms with Crippen molar-refractivity contribution in [1.82, 2.24) is 9.55 Å². The van der Waals surface area contributed by atoms with Gasteiger partial charge in [-0.15, -0.1) is 0 Å². The quantitative estimate of drug-likeness (QED) is 0.636. The number of halogens is 1.